The van der Waals surface area contributed by atoms with E-state index in [2.05, 4.69) is 146 Å². The van der Waals surface area contributed by atoms with Crippen LogP contribution in [0.2, 0.25) is 0 Å². The van der Waals surface area contributed by atoms with Gasteiger partial charge in [0, 0.05) is 31.3 Å². The lowest BCUT2D eigenvalue weighted by molar-refractivity contribution is 0.568. The Kier molecular flexibility index (Phi) is 7.65. The largest absolute Gasteiger partial charge is 0.472 e. The first-order valence-corrected chi connectivity index (χ1v) is 19.5. The Morgan fingerprint density at radius 2 is 0.904 bits per heavy atom. The molecule has 0 fully saturated rings. The minimum atomic E-state index is 1.10. The molecule has 2 aromatic heterocycles. The van der Waals surface area contributed by atoms with E-state index in [1.807, 2.05) is 17.6 Å². The number of rotatable bonds is 8. The molecule has 0 saturated carbocycles. The summed E-state index contributed by atoms with van der Waals surface area (Å²) in [7, 11) is 0. The van der Waals surface area contributed by atoms with E-state index in [9.17, 15) is 0 Å². The minimum Gasteiger partial charge on any atom is -0.472 e. The third kappa shape index (κ3) is 4.82. The van der Waals surface area contributed by atoms with Crippen molar-refractivity contribution >= 4 is 74.6 Å². The SMILES string of the molecule is CCCCCCc1c2ccccc2c(-c2cccc3sc4cccc(-c5c6ccccc6c(-c6ccoc6)c6ccccc56)c4c23)c2ccccc12. The molecule has 10 aromatic rings. The van der Waals surface area contributed by atoms with Gasteiger partial charge in [-0.25, -0.2) is 0 Å². The predicted octanol–water partition coefficient (Wildman–Crippen LogP) is 15.4. The molecule has 0 aliphatic rings. The normalized spacial score (nSPS) is 11.9. The van der Waals surface area contributed by atoms with Crippen LogP contribution in [0.4, 0.5) is 0 Å². The number of hydrogen-bond donors (Lipinski definition) is 0. The number of hydrogen-bond acceptors (Lipinski definition) is 2. The Balaban J connectivity index is 1.32. The fourth-order valence-corrected chi connectivity index (χ4v) is 10.1. The van der Waals surface area contributed by atoms with Crippen molar-refractivity contribution in [2.75, 3.05) is 0 Å². The van der Waals surface area contributed by atoms with Crippen LogP contribution in [-0.4, -0.2) is 0 Å². The number of benzene rings is 8. The first-order chi connectivity index (χ1) is 25.8. The molecule has 0 spiro atoms. The van der Waals surface area contributed by atoms with Crippen LogP contribution in [-0.2, 0) is 6.42 Å². The molecular weight excluding hydrogens is 649 g/mol. The van der Waals surface area contributed by atoms with Gasteiger partial charge >= 0.3 is 0 Å². The zero-order valence-corrected chi connectivity index (χ0v) is 30.1. The number of furan rings is 1. The van der Waals surface area contributed by atoms with Crippen LogP contribution in [0.3, 0.4) is 0 Å². The zero-order valence-electron chi connectivity index (χ0n) is 29.3. The van der Waals surface area contributed by atoms with Gasteiger partial charge in [0.05, 0.1) is 12.5 Å². The molecular formula is C50H38OS. The number of unbranched alkanes of at least 4 members (excludes halogenated alkanes) is 3. The number of aryl methyl sites for hydroxylation is 1. The van der Waals surface area contributed by atoms with Crippen molar-refractivity contribution in [3.63, 3.8) is 0 Å². The van der Waals surface area contributed by atoms with E-state index in [1.165, 1.54) is 122 Å². The molecule has 0 bridgehead atoms. The van der Waals surface area contributed by atoms with Crippen molar-refractivity contribution in [2.45, 2.75) is 39.0 Å². The highest BCUT2D eigenvalue weighted by atomic mass is 32.1. The van der Waals surface area contributed by atoms with Gasteiger partial charge in [-0.05, 0) is 102 Å². The maximum absolute atomic E-state index is 5.63. The van der Waals surface area contributed by atoms with Gasteiger partial charge in [-0.15, -0.1) is 11.3 Å². The number of fused-ring (bicyclic) bond motifs is 7. The molecule has 0 atom stereocenters. The van der Waals surface area contributed by atoms with Crippen LogP contribution >= 0.6 is 11.3 Å². The van der Waals surface area contributed by atoms with E-state index in [4.69, 9.17) is 4.42 Å². The second kappa shape index (κ2) is 12.8. The average Bonchev–Trinajstić information content (AvgIpc) is 3.87. The Labute approximate surface area is 307 Å². The van der Waals surface area contributed by atoms with E-state index in [0.29, 0.717) is 0 Å². The molecule has 0 saturated heterocycles. The van der Waals surface area contributed by atoms with Gasteiger partial charge in [-0.2, -0.15) is 0 Å². The molecule has 10 rings (SSSR count). The molecule has 0 amide bonds. The van der Waals surface area contributed by atoms with Gasteiger partial charge in [0.2, 0.25) is 0 Å². The lowest BCUT2D eigenvalue weighted by Gasteiger charge is -2.19. The molecule has 8 aromatic carbocycles. The molecule has 0 aliphatic heterocycles. The molecule has 0 unspecified atom stereocenters. The van der Waals surface area contributed by atoms with Crippen molar-refractivity contribution in [1.29, 1.82) is 0 Å². The zero-order chi connectivity index (χ0) is 34.6. The van der Waals surface area contributed by atoms with E-state index < -0.39 is 0 Å². The fraction of sp³-hybridized carbons (Fsp3) is 0.120. The summed E-state index contributed by atoms with van der Waals surface area (Å²) in [5.41, 5.74) is 9.04. The highest BCUT2D eigenvalue weighted by Crippen LogP contribution is 2.51. The third-order valence-electron chi connectivity index (χ3n) is 11.1. The Hall–Kier alpha value is -5.70. The summed E-state index contributed by atoms with van der Waals surface area (Å²) in [5.74, 6) is 0. The van der Waals surface area contributed by atoms with Gasteiger partial charge in [-0.1, -0.05) is 148 Å². The molecule has 0 N–H and O–H groups in total. The highest BCUT2D eigenvalue weighted by molar-refractivity contribution is 7.26. The van der Waals surface area contributed by atoms with Crippen LogP contribution in [0.1, 0.15) is 38.2 Å². The van der Waals surface area contributed by atoms with E-state index in [0.717, 1.165) is 12.0 Å². The van der Waals surface area contributed by atoms with Crippen LogP contribution in [0, 0.1) is 0 Å². The standard InChI is InChI=1S/C50H38OS/c1-2-3-4-5-16-33-34-17-6-8-19-36(34)47(37-20-9-7-18-35(33)37)42-25-14-27-44-49(42)50-43(26-15-28-45(50)52-44)48-40-23-12-10-21-38(40)46(32-29-30-51-31-32)39-22-11-13-24-41(39)48/h6-15,17-31H,2-5,16H2,1H3. The third-order valence-corrected chi connectivity index (χ3v) is 12.2. The van der Waals surface area contributed by atoms with Gasteiger partial charge in [0.15, 0.2) is 0 Å². The summed E-state index contributed by atoms with van der Waals surface area (Å²) < 4.78 is 8.26. The van der Waals surface area contributed by atoms with Crippen molar-refractivity contribution in [2.24, 2.45) is 0 Å². The summed E-state index contributed by atoms with van der Waals surface area (Å²) >= 11 is 1.91. The van der Waals surface area contributed by atoms with Gasteiger partial charge in [0.25, 0.3) is 0 Å². The van der Waals surface area contributed by atoms with Gasteiger partial charge in [0.1, 0.15) is 0 Å². The number of thiophene rings is 1. The molecule has 0 radical (unpaired) electrons. The average molecular weight is 687 g/mol. The second-order valence-corrected chi connectivity index (χ2v) is 15.2. The smallest absolute Gasteiger partial charge is 0.0981 e. The first-order valence-electron chi connectivity index (χ1n) is 18.6. The van der Waals surface area contributed by atoms with Crippen molar-refractivity contribution in [1.82, 2.24) is 0 Å². The highest BCUT2D eigenvalue weighted by Gasteiger charge is 2.23. The summed E-state index contributed by atoms with van der Waals surface area (Å²) in [6.07, 6.45) is 9.79. The summed E-state index contributed by atoms with van der Waals surface area (Å²) in [6.45, 7) is 2.29. The molecule has 250 valence electrons. The van der Waals surface area contributed by atoms with Crippen molar-refractivity contribution in [3.05, 3.63) is 158 Å². The van der Waals surface area contributed by atoms with E-state index >= 15 is 0 Å². The quantitative estimate of drug-likeness (QED) is 0.115. The van der Waals surface area contributed by atoms with Crippen molar-refractivity contribution in [3.8, 4) is 33.4 Å². The maximum atomic E-state index is 5.63. The summed E-state index contributed by atoms with van der Waals surface area (Å²) in [6, 6.07) is 52.1. The first kappa shape index (κ1) is 31.1. The van der Waals surface area contributed by atoms with Crippen molar-refractivity contribution < 1.29 is 4.42 Å². The van der Waals surface area contributed by atoms with E-state index in [1.54, 1.807) is 6.26 Å². The molecule has 1 nitrogen and oxygen atoms in total. The maximum Gasteiger partial charge on any atom is 0.0981 e. The van der Waals surface area contributed by atoms with E-state index in [-0.39, 0.29) is 0 Å². The molecule has 52 heavy (non-hydrogen) atoms. The summed E-state index contributed by atoms with van der Waals surface area (Å²) in [5, 5.41) is 13.1. The Morgan fingerprint density at radius 1 is 0.442 bits per heavy atom. The second-order valence-electron chi connectivity index (χ2n) is 14.1. The topological polar surface area (TPSA) is 13.1 Å². The summed E-state index contributed by atoms with van der Waals surface area (Å²) in [4.78, 5) is 0. The molecule has 0 aliphatic carbocycles. The van der Waals surface area contributed by atoms with Crippen LogP contribution in [0.25, 0.3) is 96.6 Å². The van der Waals surface area contributed by atoms with Gasteiger partial charge < -0.3 is 4.42 Å². The Morgan fingerprint density at radius 3 is 1.37 bits per heavy atom. The van der Waals surface area contributed by atoms with Gasteiger partial charge in [-0.3, -0.25) is 0 Å². The minimum absolute atomic E-state index is 1.10. The van der Waals surface area contributed by atoms with Crippen LogP contribution < -0.4 is 0 Å². The predicted molar refractivity (Wildman–Crippen MR) is 226 cm³/mol. The molecule has 2 heterocycles. The molecule has 2 heteroatoms. The van der Waals surface area contributed by atoms with Crippen LogP contribution in [0.15, 0.2) is 156 Å². The van der Waals surface area contributed by atoms with Crippen LogP contribution in [0.5, 0.6) is 0 Å². The lowest BCUT2D eigenvalue weighted by atomic mass is 9.83. The lowest BCUT2D eigenvalue weighted by Crippen LogP contribution is -1.95. The monoisotopic (exact) mass is 686 g/mol. The Bertz CT molecular complexity index is 2830. The fourth-order valence-electron chi connectivity index (χ4n) is 8.93.